The van der Waals surface area contributed by atoms with E-state index < -0.39 is 0 Å². The number of benzene rings is 1. The molecule has 0 bridgehead atoms. The van der Waals surface area contributed by atoms with E-state index in [0.29, 0.717) is 4.59 Å². The molecule has 0 atom stereocenters. The Morgan fingerprint density at radius 2 is 1.88 bits per heavy atom. The first kappa shape index (κ1) is 11.8. The van der Waals surface area contributed by atoms with E-state index in [2.05, 4.69) is 4.98 Å². The SMILES string of the molecule is Cc1ccc([N+](=O)[O-])c([Se]c2ccccc2)n1. The van der Waals surface area contributed by atoms with Crippen LogP contribution < -0.4 is 9.05 Å². The molecule has 0 fully saturated rings. The van der Waals surface area contributed by atoms with Crippen LogP contribution in [-0.2, 0) is 0 Å². The van der Waals surface area contributed by atoms with Crippen molar-refractivity contribution < 1.29 is 4.92 Å². The van der Waals surface area contributed by atoms with E-state index in [-0.39, 0.29) is 25.6 Å². The van der Waals surface area contributed by atoms with Gasteiger partial charge in [-0.3, -0.25) is 0 Å². The molecule has 2 aromatic rings. The van der Waals surface area contributed by atoms with Crippen molar-refractivity contribution in [2.45, 2.75) is 6.92 Å². The summed E-state index contributed by atoms with van der Waals surface area (Å²) in [5, 5.41) is 10.9. The van der Waals surface area contributed by atoms with Crippen LogP contribution in [-0.4, -0.2) is 24.9 Å². The molecule has 0 saturated heterocycles. The second kappa shape index (κ2) is 5.08. The van der Waals surface area contributed by atoms with Crippen LogP contribution in [0.4, 0.5) is 5.69 Å². The number of pyridine rings is 1. The summed E-state index contributed by atoms with van der Waals surface area (Å²) in [5.74, 6) is 0. The van der Waals surface area contributed by atoms with E-state index >= 15 is 0 Å². The molecule has 1 heterocycles. The topological polar surface area (TPSA) is 56.0 Å². The number of nitrogens with zero attached hydrogens (tertiary/aromatic N) is 2. The molecule has 1 aromatic heterocycles. The normalized spacial score (nSPS) is 10.2. The third-order valence-electron chi connectivity index (χ3n) is 2.13. The van der Waals surface area contributed by atoms with Gasteiger partial charge in [-0.2, -0.15) is 0 Å². The third-order valence-corrected chi connectivity index (χ3v) is 4.24. The van der Waals surface area contributed by atoms with Crippen molar-refractivity contribution in [3.05, 3.63) is 58.3 Å². The molecule has 4 nitrogen and oxygen atoms in total. The van der Waals surface area contributed by atoms with Gasteiger partial charge in [-0.1, -0.05) is 0 Å². The molecule has 5 heteroatoms. The van der Waals surface area contributed by atoms with E-state index in [1.807, 2.05) is 37.3 Å². The van der Waals surface area contributed by atoms with E-state index in [1.165, 1.54) is 6.07 Å². The zero-order valence-corrected chi connectivity index (χ0v) is 10.9. The van der Waals surface area contributed by atoms with E-state index in [0.717, 1.165) is 10.2 Å². The number of hydrogen-bond acceptors (Lipinski definition) is 3. The Morgan fingerprint density at radius 3 is 2.53 bits per heavy atom. The summed E-state index contributed by atoms with van der Waals surface area (Å²) in [7, 11) is 0. The molecule has 0 radical (unpaired) electrons. The first-order valence-electron chi connectivity index (χ1n) is 5.02. The first-order valence-corrected chi connectivity index (χ1v) is 6.73. The average molecular weight is 293 g/mol. The van der Waals surface area contributed by atoms with Crippen molar-refractivity contribution in [2.75, 3.05) is 0 Å². The number of nitro groups is 1. The predicted molar refractivity (Wildman–Crippen MR) is 67.1 cm³/mol. The van der Waals surface area contributed by atoms with Crippen molar-refractivity contribution in [2.24, 2.45) is 0 Å². The van der Waals surface area contributed by atoms with Crippen LogP contribution >= 0.6 is 0 Å². The fourth-order valence-electron chi connectivity index (χ4n) is 1.34. The van der Waals surface area contributed by atoms with Gasteiger partial charge in [0, 0.05) is 0 Å². The average Bonchev–Trinajstić information content (AvgIpc) is 2.30. The molecule has 0 N–H and O–H groups in total. The fourth-order valence-corrected chi connectivity index (χ4v) is 3.34. The molecule has 0 aliphatic carbocycles. The first-order chi connectivity index (χ1) is 8.16. The predicted octanol–water partition coefficient (Wildman–Crippen LogP) is 0.953. The Bertz CT molecular complexity index is 543. The molecule has 0 unspecified atom stereocenters. The molecule has 0 aliphatic rings. The Balaban J connectivity index is 2.37. The summed E-state index contributed by atoms with van der Waals surface area (Å²) in [6.07, 6.45) is 0. The molecule has 17 heavy (non-hydrogen) atoms. The van der Waals surface area contributed by atoms with Crippen LogP contribution in [0.25, 0.3) is 0 Å². The molecule has 0 aliphatic heterocycles. The molecular weight excluding hydrogens is 283 g/mol. The molecule has 1 aromatic carbocycles. The van der Waals surface area contributed by atoms with Gasteiger partial charge < -0.3 is 0 Å². The summed E-state index contributed by atoms with van der Waals surface area (Å²) in [5.41, 5.74) is 0.919. The summed E-state index contributed by atoms with van der Waals surface area (Å²) >= 11 is -0.129. The van der Waals surface area contributed by atoms with Gasteiger partial charge >= 0.3 is 105 Å². The maximum absolute atomic E-state index is 10.9. The third kappa shape index (κ3) is 2.90. The molecular formula is C12H10N2O2Se. The zero-order chi connectivity index (χ0) is 12.3. The minimum absolute atomic E-state index is 0.111. The Labute approximate surface area is 105 Å². The van der Waals surface area contributed by atoms with Crippen molar-refractivity contribution in [3.63, 3.8) is 0 Å². The van der Waals surface area contributed by atoms with Crippen LogP contribution in [0.1, 0.15) is 5.69 Å². The summed E-state index contributed by atoms with van der Waals surface area (Å²) < 4.78 is 1.66. The molecule has 0 saturated carbocycles. The number of aromatic nitrogens is 1. The van der Waals surface area contributed by atoms with Crippen molar-refractivity contribution in [1.82, 2.24) is 4.98 Å². The van der Waals surface area contributed by atoms with Crippen LogP contribution in [0.3, 0.4) is 0 Å². The zero-order valence-electron chi connectivity index (χ0n) is 9.16. The van der Waals surface area contributed by atoms with Gasteiger partial charge in [0.2, 0.25) is 0 Å². The Morgan fingerprint density at radius 1 is 1.18 bits per heavy atom. The van der Waals surface area contributed by atoms with E-state index in [1.54, 1.807) is 6.07 Å². The summed E-state index contributed by atoms with van der Waals surface area (Å²) in [6.45, 7) is 1.84. The second-order valence-electron chi connectivity index (χ2n) is 3.45. The number of aryl methyl sites for hydroxylation is 1. The standard InChI is InChI=1S/C12H10N2O2Se/c1-9-7-8-11(14(15)16)12(13-9)17-10-5-3-2-4-6-10/h2-8H,1H3. The molecule has 0 spiro atoms. The van der Waals surface area contributed by atoms with Crippen LogP contribution in [0.15, 0.2) is 42.5 Å². The Hall–Kier alpha value is -1.71. The monoisotopic (exact) mass is 294 g/mol. The quantitative estimate of drug-likeness (QED) is 0.481. The van der Waals surface area contributed by atoms with Gasteiger partial charge in [0.05, 0.1) is 0 Å². The van der Waals surface area contributed by atoms with Crippen molar-refractivity contribution >= 4 is 29.7 Å². The number of rotatable bonds is 3. The number of hydrogen-bond donors (Lipinski definition) is 0. The van der Waals surface area contributed by atoms with Gasteiger partial charge in [0.1, 0.15) is 0 Å². The van der Waals surface area contributed by atoms with Gasteiger partial charge in [-0.25, -0.2) is 0 Å². The van der Waals surface area contributed by atoms with Crippen molar-refractivity contribution in [3.8, 4) is 0 Å². The molecule has 0 amide bonds. The van der Waals surface area contributed by atoms with Crippen LogP contribution in [0.2, 0.25) is 0 Å². The maximum atomic E-state index is 10.9. The second-order valence-corrected chi connectivity index (χ2v) is 5.68. The van der Waals surface area contributed by atoms with E-state index in [9.17, 15) is 10.1 Å². The van der Waals surface area contributed by atoms with Gasteiger partial charge in [-0.05, 0) is 0 Å². The minimum atomic E-state index is -0.369. The van der Waals surface area contributed by atoms with Gasteiger partial charge in [0.25, 0.3) is 0 Å². The van der Waals surface area contributed by atoms with E-state index in [4.69, 9.17) is 0 Å². The van der Waals surface area contributed by atoms with Crippen LogP contribution in [0.5, 0.6) is 0 Å². The fraction of sp³-hybridized carbons (Fsp3) is 0.0833. The summed E-state index contributed by atoms with van der Waals surface area (Å²) in [4.78, 5) is 14.8. The molecule has 86 valence electrons. The van der Waals surface area contributed by atoms with Gasteiger partial charge in [0.15, 0.2) is 0 Å². The molecule has 2 rings (SSSR count). The van der Waals surface area contributed by atoms with Gasteiger partial charge in [-0.15, -0.1) is 0 Å². The van der Waals surface area contributed by atoms with Crippen molar-refractivity contribution in [1.29, 1.82) is 0 Å². The Kier molecular flexibility index (Phi) is 3.52. The van der Waals surface area contributed by atoms with Crippen LogP contribution in [0, 0.1) is 17.0 Å². The summed E-state index contributed by atoms with van der Waals surface area (Å²) in [6, 6.07) is 12.9.